The van der Waals surface area contributed by atoms with Crippen LogP contribution in [0.4, 0.5) is 0 Å². The first-order valence-electron chi connectivity index (χ1n) is 5.26. The van der Waals surface area contributed by atoms with E-state index in [2.05, 4.69) is 25.2 Å². The summed E-state index contributed by atoms with van der Waals surface area (Å²) in [4.78, 5) is 0. The Morgan fingerprint density at radius 3 is 2.00 bits per heavy atom. The fourth-order valence-corrected chi connectivity index (χ4v) is 0.968. The van der Waals surface area contributed by atoms with Gasteiger partial charge in [0.15, 0.2) is 0 Å². The van der Waals surface area contributed by atoms with Crippen molar-refractivity contribution < 1.29 is 26.8 Å². The Morgan fingerprint density at radius 1 is 1.21 bits per heavy atom. The number of hydrogen-bond acceptors (Lipinski definition) is 1. The zero-order chi connectivity index (χ0) is 12.2. The molecular weight excluding hydrogens is 331 g/mol. The minimum absolute atomic E-state index is 0. The quantitative estimate of drug-likeness (QED) is 0.533. The van der Waals surface area contributed by atoms with E-state index in [0.717, 1.165) is 21.5 Å². The van der Waals surface area contributed by atoms with E-state index in [9.17, 15) is 0 Å². The van der Waals surface area contributed by atoms with Crippen molar-refractivity contribution in [1.29, 1.82) is 0 Å². The van der Waals surface area contributed by atoms with Gasteiger partial charge in [0.05, 0.1) is 0 Å². The predicted molar refractivity (Wildman–Crippen MR) is 86.4 cm³/mol. The van der Waals surface area contributed by atoms with Crippen LogP contribution in [0.2, 0.25) is 13.1 Å². The maximum absolute atomic E-state index is 8.81. The van der Waals surface area contributed by atoms with Gasteiger partial charge in [-0.15, -0.1) is 31.2 Å². The van der Waals surface area contributed by atoms with Gasteiger partial charge >= 0.3 is 0 Å². The van der Waals surface area contributed by atoms with Crippen LogP contribution < -0.4 is 0 Å². The van der Waals surface area contributed by atoms with Gasteiger partial charge < -0.3 is 5.11 Å². The van der Waals surface area contributed by atoms with Crippen molar-refractivity contribution in [3.63, 3.8) is 0 Å². The van der Waals surface area contributed by atoms with Gasteiger partial charge in [0.1, 0.15) is 5.75 Å². The van der Waals surface area contributed by atoms with Crippen LogP contribution in [0.5, 0.6) is 5.75 Å². The molecule has 0 atom stereocenters. The SMILES string of the molecule is C[Si]C.Cc1cccc(O)c1.Cl.Cl.[C-]1=CC=CC1.[Ti]. The first kappa shape index (κ1) is 27.4. The molecule has 1 aliphatic carbocycles. The number of benzene rings is 1. The first-order chi connectivity index (χ1) is 7.70. The van der Waals surface area contributed by atoms with Gasteiger partial charge in [0.25, 0.3) is 0 Å². The molecule has 0 amide bonds. The maximum atomic E-state index is 8.81. The second-order valence-corrected chi connectivity index (χ2v) is 4.34. The first-order valence-corrected chi connectivity index (χ1v) is 7.26. The minimum atomic E-state index is 0. The molecule has 2 radical (unpaired) electrons. The van der Waals surface area contributed by atoms with Gasteiger partial charge in [-0.25, -0.2) is 12.2 Å². The van der Waals surface area contributed by atoms with E-state index in [1.807, 2.05) is 31.2 Å². The fraction of sp³-hybridized carbons (Fsp3) is 0.286. The van der Waals surface area contributed by atoms with Gasteiger partial charge in [0.2, 0.25) is 0 Å². The second kappa shape index (κ2) is 20.3. The van der Waals surface area contributed by atoms with E-state index >= 15 is 0 Å². The zero-order valence-corrected chi connectivity index (χ0v) is 15.7. The van der Waals surface area contributed by atoms with Crippen molar-refractivity contribution in [1.82, 2.24) is 0 Å². The molecule has 5 heteroatoms. The van der Waals surface area contributed by atoms with E-state index in [-0.39, 0.29) is 46.5 Å². The third-order valence-corrected chi connectivity index (χ3v) is 1.59. The monoisotopic (exact) mass is 351 g/mol. The molecule has 0 bridgehead atoms. The van der Waals surface area contributed by atoms with E-state index in [0.29, 0.717) is 5.75 Å². The summed E-state index contributed by atoms with van der Waals surface area (Å²) >= 11 is 0. The largest absolute Gasteiger partial charge is 0.508 e. The molecule has 0 saturated heterocycles. The molecule has 1 N–H and O–H groups in total. The Balaban J connectivity index is -0.0000000907. The van der Waals surface area contributed by atoms with E-state index < -0.39 is 0 Å². The van der Waals surface area contributed by atoms with Crippen LogP contribution in [0.15, 0.2) is 42.5 Å². The summed E-state index contributed by atoms with van der Waals surface area (Å²) in [5.41, 5.74) is 1.09. The summed E-state index contributed by atoms with van der Waals surface area (Å²) in [6.45, 7) is 6.25. The van der Waals surface area contributed by atoms with Crippen molar-refractivity contribution in [3.05, 3.63) is 54.1 Å². The van der Waals surface area contributed by atoms with E-state index in [1.165, 1.54) is 0 Å². The number of phenolic OH excluding ortho intramolecular Hbond substituents is 1. The molecule has 19 heavy (non-hydrogen) atoms. The average molecular weight is 352 g/mol. The van der Waals surface area contributed by atoms with Crippen molar-refractivity contribution in [2.75, 3.05) is 0 Å². The molecule has 1 aromatic carbocycles. The van der Waals surface area contributed by atoms with E-state index in [4.69, 9.17) is 5.11 Å². The van der Waals surface area contributed by atoms with Crippen molar-refractivity contribution >= 4 is 34.3 Å². The van der Waals surface area contributed by atoms with Crippen LogP contribution in [0.3, 0.4) is 0 Å². The Morgan fingerprint density at radius 2 is 1.79 bits per heavy atom. The molecule has 0 fully saturated rings. The van der Waals surface area contributed by atoms with Gasteiger partial charge in [-0.1, -0.05) is 25.2 Å². The summed E-state index contributed by atoms with van der Waals surface area (Å²) in [7, 11) is 1.08. The summed E-state index contributed by atoms with van der Waals surface area (Å²) in [6.07, 6.45) is 10.0. The maximum Gasteiger partial charge on any atom is 0.115 e. The van der Waals surface area contributed by atoms with Crippen molar-refractivity contribution in [2.45, 2.75) is 26.4 Å². The van der Waals surface area contributed by atoms with E-state index in [1.54, 1.807) is 12.1 Å². The number of rotatable bonds is 0. The van der Waals surface area contributed by atoms with Crippen LogP contribution in [-0.4, -0.2) is 14.6 Å². The van der Waals surface area contributed by atoms with Crippen LogP contribution in [0.25, 0.3) is 0 Å². The topological polar surface area (TPSA) is 20.2 Å². The number of hydrogen-bond donors (Lipinski definition) is 1. The molecule has 0 aliphatic heterocycles. The van der Waals surface area contributed by atoms with Crippen molar-refractivity contribution in [2.24, 2.45) is 0 Å². The third-order valence-electron chi connectivity index (χ3n) is 1.59. The summed E-state index contributed by atoms with van der Waals surface area (Å²) in [5, 5.41) is 8.81. The van der Waals surface area contributed by atoms with Crippen molar-refractivity contribution in [3.8, 4) is 5.75 Å². The smallest absolute Gasteiger partial charge is 0.115 e. The third kappa shape index (κ3) is 20.5. The number of aryl methyl sites for hydroxylation is 1. The predicted octanol–water partition coefficient (Wildman–Crippen LogP) is 4.63. The van der Waals surface area contributed by atoms with Crippen LogP contribution in [0.1, 0.15) is 12.0 Å². The molecule has 0 unspecified atom stereocenters. The summed E-state index contributed by atoms with van der Waals surface area (Å²) in [6, 6.07) is 7.15. The Hall–Kier alpha value is 0.0112. The van der Waals surface area contributed by atoms with Crippen LogP contribution in [-0.2, 0) is 21.7 Å². The van der Waals surface area contributed by atoms with Crippen LogP contribution >= 0.6 is 24.8 Å². The van der Waals surface area contributed by atoms with Gasteiger partial charge in [0, 0.05) is 31.2 Å². The molecule has 2 rings (SSSR count). The molecule has 0 spiro atoms. The molecule has 106 valence electrons. The summed E-state index contributed by atoms with van der Waals surface area (Å²) in [5.74, 6) is 0.338. The fourth-order valence-electron chi connectivity index (χ4n) is 0.968. The summed E-state index contributed by atoms with van der Waals surface area (Å²) < 4.78 is 0. The Labute approximate surface area is 147 Å². The molecule has 1 aliphatic rings. The Bertz CT molecular complexity index is 317. The number of allylic oxidation sites excluding steroid dienone is 4. The number of phenols is 1. The molecular formula is C14H21Cl2OSiTi-. The molecule has 0 aromatic heterocycles. The minimum Gasteiger partial charge on any atom is -0.508 e. The van der Waals surface area contributed by atoms with Crippen LogP contribution in [0, 0.1) is 13.0 Å². The number of aromatic hydroxyl groups is 1. The molecule has 1 aromatic rings. The average Bonchev–Trinajstić information content (AvgIpc) is 2.76. The molecule has 0 saturated carbocycles. The van der Waals surface area contributed by atoms with Gasteiger partial charge in [-0.2, -0.15) is 6.08 Å². The molecule has 0 heterocycles. The molecule has 1 nitrogen and oxygen atoms in total. The normalized spacial score (nSPS) is 9.42. The standard InChI is InChI=1S/C7H8O.C5H5.C2H6Si.2ClH.Ti/c1-6-3-2-4-7(8)5-6;1-2-4-5-3-1;1-3-2;;;/h2-5,8H,1H3;1-3H,4H2;1-2H3;2*1H;/q;-1;;;;. The van der Waals surface area contributed by atoms with Gasteiger partial charge in [-0.05, 0) is 24.6 Å². The Kier molecular flexibility index (Phi) is 29.3. The van der Waals surface area contributed by atoms with Gasteiger partial charge in [-0.3, -0.25) is 6.08 Å². The zero-order valence-electron chi connectivity index (χ0n) is 11.5. The number of halogens is 2. The second-order valence-electron chi connectivity index (χ2n) is 3.34.